The minimum atomic E-state index is -0.233. The highest BCUT2D eigenvalue weighted by molar-refractivity contribution is 5.93. The van der Waals surface area contributed by atoms with E-state index in [0.29, 0.717) is 6.61 Å². The monoisotopic (exact) mass is 331 g/mol. The van der Waals surface area contributed by atoms with Crippen LogP contribution in [-0.4, -0.2) is 32.9 Å². The van der Waals surface area contributed by atoms with E-state index in [1.807, 2.05) is 48.0 Å². The molecule has 1 aliphatic rings. The first-order valence-corrected chi connectivity index (χ1v) is 8.37. The van der Waals surface area contributed by atoms with Crippen molar-refractivity contribution in [3.63, 3.8) is 0 Å². The summed E-state index contributed by atoms with van der Waals surface area (Å²) in [5.74, 6) is 0. The number of ether oxygens (including phenoxy) is 1. The third kappa shape index (κ3) is 2.38. The van der Waals surface area contributed by atoms with Gasteiger partial charge in [-0.1, -0.05) is 18.2 Å². The predicted molar refractivity (Wildman–Crippen MR) is 96.0 cm³/mol. The highest BCUT2D eigenvalue weighted by atomic mass is 16.5. The molecule has 124 valence electrons. The Morgan fingerprint density at radius 2 is 1.88 bits per heavy atom. The lowest BCUT2D eigenvalue weighted by Crippen LogP contribution is -2.21. The van der Waals surface area contributed by atoms with Crippen LogP contribution in [0.1, 0.15) is 12.0 Å². The molecular weight excluding hydrogens is 314 g/mol. The van der Waals surface area contributed by atoms with Gasteiger partial charge in [-0.25, -0.2) is 9.67 Å². The molecule has 6 heteroatoms. The predicted octanol–water partition coefficient (Wildman–Crippen LogP) is 3.03. The molecule has 5 rings (SSSR count). The number of nitrogens with one attached hydrogen (secondary N) is 1. The van der Waals surface area contributed by atoms with E-state index in [2.05, 4.69) is 22.4 Å². The van der Waals surface area contributed by atoms with E-state index in [1.54, 1.807) is 0 Å². The summed E-state index contributed by atoms with van der Waals surface area (Å²) in [4.78, 5) is 9.30. The van der Waals surface area contributed by atoms with Crippen LogP contribution >= 0.6 is 0 Å². The first-order valence-electron chi connectivity index (χ1n) is 8.37. The summed E-state index contributed by atoms with van der Waals surface area (Å²) in [6.07, 6.45) is -0.233. The average Bonchev–Trinajstić information content (AvgIpc) is 3.29. The van der Waals surface area contributed by atoms with Crippen LogP contribution in [0.15, 0.2) is 48.5 Å². The second-order valence-corrected chi connectivity index (χ2v) is 6.17. The SMILES string of the molecule is Cc1ccc2nc(-c3nn(C4NCCO4)c4ccccc34)ccc2n1. The molecule has 1 saturated heterocycles. The number of nitrogens with zero attached hydrogens (tertiary/aromatic N) is 4. The molecule has 4 aromatic rings. The van der Waals surface area contributed by atoms with Gasteiger partial charge in [0.05, 0.1) is 28.9 Å². The van der Waals surface area contributed by atoms with E-state index in [-0.39, 0.29) is 6.35 Å². The molecule has 0 saturated carbocycles. The molecule has 0 amide bonds. The Hall–Kier alpha value is -2.83. The number of hydrogen-bond acceptors (Lipinski definition) is 5. The number of pyridine rings is 2. The average molecular weight is 331 g/mol. The van der Waals surface area contributed by atoms with E-state index < -0.39 is 0 Å². The molecule has 1 N–H and O–H groups in total. The lowest BCUT2D eigenvalue weighted by Gasteiger charge is -2.11. The Balaban J connectivity index is 1.71. The standard InChI is InChI=1S/C19H17N5O/c1-12-6-7-15-14(21-12)8-9-16(22-15)18-13-4-2-3-5-17(13)24(23-18)19-20-10-11-25-19/h2-9,19-20H,10-11H2,1H3. The maximum absolute atomic E-state index is 5.74. The summed E-state index contributed by atoms with van der Waals surface area (Å²) in [5, 5.41) is 9.19. The van der Waals surface area contributed by atoms with Gasteiger partial charge in [-0.15, -0.1) is 0 Å². The zero-order valence-electron chi connectivity index (χ0n) is 13.8. The van der Waals surface area contributed by atoms with Crippen molar-refractivity contribution < 1.29 is 4.74 Å². The van der Waals surface area contributed by atoms with Gasteiger partial charge in [0, 0.05) is 17.6 Å². The smallest absolute Gasteiger partial charge is 0.206 e. The normalized spacial score (nSPS) is 17.6. The third-order valence-electron chi connectivity index (χ3n) is 4.46. The molecular formula is C19H17N5O. The van der Waals surface area contributed by atoms with E-state index in [0.717, 1.165) is 45.6 Å². The van der Waals surface area contributed by atoms with Gasteiger partial charge in [-0.2, -0.15) is 5.10 Å². The summed E-state index contributed by atoms with van der Waals surface area (Å²) in [7, 11) is 0. The molecule has 1 aromatic carbocycles. The lowest BCUT2D eigenvalue weighted by molar-refractivity contribution is 0.0382. The van der Waals surface area contributed by atoms with Gasteiger partial charge in [-0.3, -0.25) is 10.3 Å². The van der Waals surface area contributed by atoms with Crippen LogP contribution in [0.3, 0.4) is 0 Å². The number of para-hydroxylation sites is 1. The maximum atomic E-state index is 5.74. The Labute approximate surface area is 144 Å². The van der Waals surface area contributed by atoms with Gasteiger partial charge in [0.2, 0.25) is 6.35 Å². The molecule has 1 aliphatic heterocycles. The van der Waals surface area contributed by atoms with Crippen molar-refractivity contribution in [2.45, 2.75) is 13.3 Å². The number of hydrogen-bond donors (Lipinski definition) is 1. The summed E-state index contributed by atoms with van der Waals surface area (Å²) >= 11 is 0. The van der Waals surface area contributed by atoms with E-state index in [4.69, 9.17) is 14.8 Å². The largest absolute Gasteiger partial charge is 0.342 e. The molecule has 4 heterocycles. The summed E-state index contributed by atoms with van der Waals surface area (Å²) < 4.78 is 7.64. The zero-order chi connectivity index (χ0) is 16.8. The van der Waals surface area contributed by atoms with Crippen LogP contribution < -0.4 is 5.32 Å². The van der Waals surface area contributed by atoms with Crippen molar-refractivity contribution in [2.24, 2.45) is 0 Å². The number of benzene rings is 1. The van der Waals surface area contributed by atoms with Crippen LogP contribution in [0.4, 0.5) is 0 Å². The second kappa shape index (κ2) is 5.61. The minimum absolute atomic E-state index is 0.233. The van der Waals surface area contributed by atoms with Crippen molar-refractivity contribution in [1.82, 2.24) is 25.1 Å². The van der Waals surface area contributed by atoms with Crippen molar-refractivity contribution in [2.75, 3.05) is 13.2 Å². The Morgan fingerprint density at radius 1 is 1.04 bits per heavy atom. The zero-order valence-corrected chi connectivity index (χ0v) is 13.8. The third-order valence-corrected chi connectivity index (χ3v) is 4.46. The fourth-order valence-electron chi connectivity index (χ4n) is 3.27. The molecule has 1 atom stereocenters. The molecule has 0 aliphatic carbocycles. The number of fused-ring (bicyclic) bond motifs is 2. The Morgan fingerprint density at radius 3 is 2.76 bits per heavy atom. The van der Waals surface area contributed by atoms with Crippen molar-refractivity contribution in [3.05, 3.63) is 54.2 Å². The minimum Gasteiger partial charge on any atom is -0.342 e. The lowest BCUT2D eigenvalue weighted by atomic mass is 10.1. The van der Waals surface area contributed by atoms with Gasteiger partial charge in [0.15, 0.2) is 0 Å². The molecule has 0 bridgehead atoms. The molecule has 25 heavy (non-hydrogen) atoms. The van der Waals surface area contributed by atoms with Crippen LogP contribution in [0.2, 0.25) is 0 Å². The fourth-order valence-corrected chi connectivity index (χ4v) is 3.27. The first-order chi connectivity index (χ1) is 12.3. The molecule has 0 spiro atoms. The summed E-state index contributed by atoms with van der Waals surface area (Å²) in [5.41, 5.74) is 5.48. The highest BCUT2D eigenvalue weighted by Crippen LogP contribution is 2.30. The van der Waals surface area contributed by atoms with Crippen molar-refractivity contribution in [1.29, 1.82) is 0 Å². The van der Waals surface area contributed by atoms with Gasteiger partial charge in [-0.05, 0) is 37.3 Å². The fraction of sp³-hybridized carbons (Fsp3) is 0.211. The molecule has 1 unspecified atom stereocenters. The van der Waals surface area contributed by atoms with Gasteiger partial charge < -0.3 is 4.74 Å². The second-order valence-electron chi connectivity index (χ2n) is 6.17. The van der Waals surface area contributed by atoms with E-state index >= 15 is 0 Å². The first kappa shape index (κ1) is 14.5. The highest BCUT2D eigenvalue weighted by Gasteiger charge is 2.22. The number of rotatable bonds is 2. The van der Waals surface area contributed by atoms with Crippen LogP contribution in [-0.2, 0) is 4.74 Å². The molecule has 0 radical (unpaired) electrons. The summed E-state index contributed by atoms with van der Waals surface area (Å²) in [6, 6.07) is 16.1. The van der Waals surface area contributed by atoms with Gasteiger partial charge in [0.25, 0.3) is 0 Å². The maximum Gasteiger partial charge on any atom is 0.206 e. The molecule has 6 nitrogen and oxygen atoms in total. The number of aromatic nitrogens is 4. The van der Waals surface area contributed by atoms with E-state index in [9.17, 15) is 0 Å². The van der Waals surface area contributed by atoms with Crippen LogP contribution in [0, 0.1) is 6.92 Å². The van der Waals surface area contributed by atoms with Crippen LogP contribution in [0.25, 0.3) is 33.3 Å². The van der Waals surface area contributed by atoms with E-state index in [1.165, 1.54) is 0 Å². The molecule has 1 fully saturated rings. The van der Waals surface area contributed by atoms with Gasteiger partial charge >= 0.3 is 0 Å². The topological polar surface area (TPSA) is 64.9 Å². The quantitative estimate of drug-likeness (QED) is 0.612. The number of aryl methyl sites for hydroxylation is 1. The van der Waals surface area contributed by atoms with Gasteiger partial charge in [0.1, 0.15) is 5.69 Å². The summed E-state index contributed by atoms with van der Waals surface area (Å²) in [6.45, 7) is 3.50. The van der Waals surface area contributed by atoms with Crippen molar-refractivity contribution >= 4 is 21.9 Å². The molecule has 3 aromatic heterocycles. The van der Waals surface area contributed by atoms with Crippen LogP contribution in [0.5, 0.6) is 0 Å². The Kier molecular flexibility index (Phi) is 3.26. The van der Waals surface area contributed by atoms with Crippen molar-refractivity contribution in [3.8, 4) is 11.4 Å². The Bertz CT molecular complexity index is 1080.